The molecule has 1 rings (SSSR count). The molecule has 1 aliphatic heterocycles. The van der Waals surface area contributed by atoms with Gasteiger partial charge in [0.2, 0.25) is 11.6 Å². The number of nitrogens with one attached hydrogen (secondary N) is 1. The Morgan fingerprint density at radius 1 is 1.67 bits per heavy atom. The smallest absolute Gasteiger partial charge is 0.361 e. The number of hydrogen-bond donors (Lipinski definition) is 1. The zero-order chi connectivity index (χ0) is 9.35. The Morgan fingerprint density at radius 2 is 2.25 bits per heavy atom. The summed E-state index contributed by atoms with van der Waals surface area (Å²) in [5.74, 6) is -0.584. The Hall–Kier alpha value is -1.39. The van der Waals surface area contributed by atoms with Gasteiger partial charge in [-0.05, 0) is 6.92 Å². The lowest BCUT2D eigenvalue weighted by molar-refractivity contribution is -0.142. The predicted octanol–water partition coefficient (Wildman–Crippen LogP) is -0.186. The molecule has 66 valence electrons. The van der Waals surface area contributed by atoms with Crippen molar-refractivity contribution in [2.45, 2.75) is 26.4 Å². The quantitative estimate of drug-likeness (QED) is 0.555. The van der Waals surface area contributed by atoms with E-state index in [9.17, 15) is 9.59 Å². The molecule has 1 aliphatic rings. The molecule has 0 saturated carbocycles. The second-order valence-corrected chi connectivity index (χ2v) is 2.77. The third-order valence-corrected chi connectivity index (χ3v) is 1.44. The molecule has 0 aromatic heterocycles. The van der Waals surface area contributed by atoms with Gasteiger partial charge in [0.1, 0.15) is 0 Å². The van der Waals surface area contributed by atoms with Gasteiger partial charge in [0.15, 0.2) is 5.90 Å². The van der Waals surface area contributed by atoms with Crippen LogP contribution in [0.5, 0.6) is 0 Å². The molecule has 0 unspecified atom stereocenters. The Kier molecular flexibility index (Phi) is 1.87. The van der Waals surface area contributed by atoms with E-state index in [1.54, 1.807) is 6.92 Å². The van der Waals surface area contributed by atoms with Gasteiger partial charge in [-0.2, -0.15) is 0 Å². The molecule has 0 aromatic carbocycles. The molecular weight excluding hydrogens is 160 g/mol. The molecule has 5 heteroatoms. The van der Waals surface area contributed by atoms with Crippen molar-refractivity contribution < 1.29 is 14.3 Å². The highest BCUT2D eigenvalue weighted by molar-refractivity contribution is 6.00. The highest BCUT2D eigenvalue weighted by atomic mass is 16.6. The molecule has 0 aromatic rings. The number of carbonyl (C=O) groups is 2. The normalized spacial score (nSPS) is 27.9. The fourth-order valence-electron chi connectivity index (χ4n) is 1.04. The maximum atomic E-state index is 11.1. The van der Waals surface area contributed by atoms with Crippen molar-refractivity contribution in [3.05, 3.63) is 0 Å². The first kappa shape index (κ1) is 8.70. The maximum absolute atomic E-state index is 11.1. The topological polar surface area (TPSA) is 67.8 Å². The van der Waals surface area contributed by atoms with Crippen LogP contribution in [0.4, 0.5) is 0 Å². The molecule has 12 heavy (non-hydrogen) atoms. The minimum atomic E-state index is -1.23. The van der Waals surface area contributed by atoms with Gasteiger partial charge in [-0.3, -0.25) is 4.79 Å². The average Bonchev–Trinajstić information content (AvgIpc) is 2.04. The van der Waals surface area contributed by atoms with Crippen molar-refractivity contribution in [2.24, 2.45) is 4.99 Å². The zero-order valence-electron chi connectivity index (χ0n) is 7.17. The van der Waals surface area contributed by atoms with E-state index < -0.39 is 11.6 Å². The fraction of sp³-hybridized carbons (Fsp3) is 0.571. The van der Waals surface area contributed by atoms with Crippen LogP contribution in [0.2, 0.25) is 0 Å². The van der Waals surface area contributed by atoms with E-state index in [4.69, 9.17) is 0 Å². The van der Waals surface area contributed by atoms with Crippen molar-refractivity contribution in [3.63, 3.8) is 0 Å². The van der Waals surface area contributed by atoms with Gasteiger partial charge in [-0.1, -0.05) is 0 Å². The van der Waals surface area contributed by atoms with Crippen LogP contribution in [0.3, 0.4) is 0 Å². The molecule has 0 spiro atoms. The second kappa shape index (κ2) is 2.58. The molecule has 0 fully saturated rings. The number of cyclic esters (lactones) is 1. The van der Waals surface area contributed by atoms with Crippen molar-refractivity contribution in [2.75, 3.05) is 0 Å². The van der Waals surface area contributed by atoms with Gasteiger partial charge in [-0.15, -0.1) is 0 Å². The summed E-state index contributed by atoms with van der Waals surface area (Å²) in [5.41, 5.74) is -1.23. The SMILES string of the molecule is CC(=O)N[C@@]1(C)N=C(C)OC1=O. The van der Waals surface area contributed by atoms with Crippen molar-refractivity contribution in [1.29, 1.82) is 0 Å². The van der Waals surface area contributed by atoms with Crippen molar-refractivity contribution in [1.82, 2.24) is 5.32 Å². The monoisotopic (exact) mass is 170 g/mol. The van der Waals surface area contributed by atoms with Crippen LogP contribution in [0.1, 0.15) is 20.8 Å². The van der Waals surface area contributed by atoms with Gasteiger partial charge in [0.05, 0.1) is 0 Å². The lowest BCUT2D eigenvalue weighted by Crippen LogP contribution is -2.47. The van der Waals surface area contributed by atoms with E-state index in [0.717, 1.165) is 0 Å². The summed E-state index contributed by atoms with van der Waals surface area (Å²) in [5, 5.41) is 2.40. The van der Waals surface area contributed by atoms with Gasteiger partial charge < -0.3 is 10.1 Å². The molecule has 0 aliphatic carbocycles. The summed E-state index contributed by atoms with van der Waals surface area (Å²) < 4.78 is 4.67. The first-order chi connectivity index (χ1) is 5.44. The summed E-state index contributed by atoms with van der Waals surface area (Å²) in [6.07, 6.45) is 0. The lowest BCUT2D eigenvalue weighted by Gasteiger charge is -2.16. The van der Waals surface area contributed by atoms with Gasteiger partial charge in [-0.25, -0.2) is 9.79 Å². The zero-order valence-corrected chi connectivity index (χ0v) is 7.17. The molecule has 1 N–H and O–H groups in total. The standard InChI is InChI=1S/C7H10N2O3/c1-4(10)8-7(3)6(11)12-5(2)9-7/h1-3H3,(H,8,10)/t7-/m0/s1. The van der Waals surface area contributed by atoms with Crippen molar-refractivity contribution >= 4 is 17.8 Å². The number of rotatable bonds is 1. The largest absolute Gasteiger partial charge is 0.409 e. The lowest BCUT2D eigenvalue weighted by atomic mass is 10.2. The van der Waals surface area contributed by atoms with Gasteiger partial charge in [0, 0.05) is 13.8 Å². The van der Waals surface area contributed by atoms with Gasteiger partial charge in [0.25, 0.3) is 0 Å². The molecule has 0 radical (unpaired) electrons. The number of ether oxygens (including phenoxy) is 1. The number of nitrogens with zero attached hydrogens (tertiary/aromatic N) is 1. The van der Waals surface area contributed by atoms with E-state index in [0.29, 0.717) is 0 Å². The third-order valence-electron chi connectivity index (χ3n) is 1.44. The molecule has 1 heterocycles. The number of hydrogen-bond acceptors (Lipinski definition) is 4. The van der Waals surface area contributed by atoms with E-state index in [1.807, 2.05) is 0 Å². The minimum Gasteiger partial charge on any atom is -0.409 e. The van der Waals surface area contributed by atoms with E-state index in [2.05, 4.69) is 15.0 Å². The van der Waals surface area contributed by atoms with Crippen LogP contribution < -0.4 is 5.32 Å². The summed E-state index contributed by atoms with van der Waals surface area (Å²) in [6, 6.07) is 0. The number of esters is 1. The first-order valence-corrected chi connectivity index (χ1v) is 3.51. The molecule has 0 bridgehead atoms. The van der Waals surface area contributed by atoms with Crippen LogP contribution in [0.25, 0.3) is 0 Å². The highest BCUT2D eigenvalue weighted by Crippen LogP contribution is 2.16. The van der Waals surface area contributed by atoms with Crippen LogP contribution in [0, 0.1) is 0 Å². The number of aliphatic imine (C=N–C) groups is 1. The molecule has 1 amide bonds. The maximum Gasteiger partial charge on any atom is 0.361 e. The van der Waals surface area contributed by atoms with Crippen molar-refractivity contribution in [3.8, 4) is 0 Å². The van der Waals surface area contributed by atoms with Crippen LogP contribution in [-0.4, -0.2) is 23.4 Å². The predicted molar refractivity (Wildman–Crippen MR) is 41.4 cm³/mol. The Labute approximate surface area is 69.8 Å². The first-order valence-electron chi connectivity index (χ1n) is 3.51. The Morgan fingerprint density at radius 3 is 2.58 bits per heavy atom. The van der Waals surface area contributed by atoms with E-state index >= 15 is 0 Å². The van der Waals surface area contributed by atoms with E-state index in [-0.39, 0.29) is 11.8 Å². The molecular formula is C7H10N2O3. The third kappa shape index (κ3) is 1.44. The van der Waals surface area contributed by atoms with Crippen LogP contribution >= 0.6 is 0 Å². The second-order valence-electron chi connectivity index (χ2n) is 2.77. The van der Waals surface area contributed by atoms with Crippen LogP contribution in [0.15, 0.2) is 4.99 Å². The summed E-state index contributed by atoms with van der Waals surface area (Å²) >= 11 is 0. The molecule has 1 atom stereocenters. The Bertz CT molecular complexity index is 272. The number of amides is 1. The average molecular weight is 170 g/mol. The van der Waals surface area contributed by atoms with Gasteiger partial charge >= 0.3 is 5.97 Å². The molecule has 0 saturated heterocycles. The number of carbonyl (C=O) groups excluding carboxylic acids is 2. The Balaban J connectivity index is 2.83. The summed E-state index contributed by atoms with van der Waals surface area (Å²) in [7, 11) is 0. The van der Waals surface area contributed by atoms with Crippen LogP contribution in [-0.2, 0) is 14.3 Å². The fourth-order valence-corrected chi connectivity index (χ4v) is 1.04. The van der Waals surface area contributed by atoms with E-state index in [1.165, 1.54) is 13.8 Å². The minimum absolute atomic E-state index is 0.274. The summed E-state index contributed by atoms with van der Waals surface area (Å²) in [6.45, 7) is 4.37. The summed E-state index contributed by atoms with van der Waals surface area (Å²) in [4.78, 5) is 25.6. The highest BCUT2D eigenvalue weighted by Gasteiger charge is 2.41. The molecule has 5 nitrogen and oxygen atoms in total.